The molecule has 1 N–H and O–H groups in total. The fourth-order valence-electron chi connectivity index (χ4n) is 2.53. The number of aliphatic hydroxyl groups excluding tert-OH is 1. The van der Waals surface area contributed by atoms with Crippen LogP contribution in [0.5, 0.6) is 5.75 Å². The van der Waals surface area contributed by atoms with Crippen LogP contribution in [-0.2, 0) is 0 Å². The van der Waals surface area contributed by atoms with Crippen molar-refractivity contribution in [3.8, 4) is 5.75 Å². The molecule has 4 heteroatoms. The zero-order chi connectivity index (χ0) is 14.4. The van der Waals surface area contributed by atoms with Gasteiger partial charge in [0.05, 0.1) is 6.61 Å². The van der Waals surface area contributed by atoms with Crippen molar-refractivity contribution >= 4 is 0 Å². The third-order valence-corrected chi connectivity index (χ3v) is 3.89. The molecule has 0 unspecified atom stereocenters. The highest BCUT2D eigenvalue weighted by Crippen LogP contribution is 2.18. The Morgan fingerprint density at radius 1 is 1.05 bits per heavy atom. The molecule has 1 aliphatic heterocycles. The Morgan fingerprint density at radius 3 is 2.35 bits per heavy atom. The first-order valence-corrected chi connectivity index (χ1v) is 7.44. The van der Waals surface area contributed by atoms with Crippen LogP contribution in [0.25, 0.3) is 0 Å². The second kappa shape index (κ2) is 7.62. The minimum atomic E-state index is 0.260. The van der Waals surface area contributed by atoms with Crippen LogP contribution in [0, 0.1) is 13.8 Å². The number of nitrogens with zero attached hydrogens (tertiary/aromatic N) is 2. The zero-order valence-corrected chi connectivity index (χ0v) is 12.6. The molecule has 0 amide bonds. The van der Waals surface area contributed by atoms with Gasteiger partial charge in [-0.1, -0.05) is 12.1 Å². The van der Waals surface area contributed by atoms with Gasteiger partial charge >= 0.3 is 0 Å². The summed E-state index contributed by atoms with van der Waals surface area (Å²) in [5.41, 5.74) is 2.44. The monoisotopic (exact) mass is 278 g/mol. The van der Waals surface area contributed by atoms with Crippen LogP contribution in [-0.4, -0.2) is 67.4 Å². The van der Waals surface area contributed by atoms with Gasteiger partial charge in [0, 0.05) is 39.3 Å². The second-order valence-corrected chi connectivity index (χ2v) is 5.52. The Labute approximate surface area is 122 Å². The summed E-state index contributed by atoms with van der Waals surface area (Å²) in [5, 5.41) is 8.92. The van der Waals surface area contributed by atoms with Crippen molar-refractivity contribution in [1.29, 1.82) is 0 Å². The van der Waals surface area contributed by atoms with Gasteiger partial charge in [0.2, 0.25) is 0 Å². The molecule has 0 spiro atoms. The molecule has 0 aromatic heterocycles. The van der Waals surface area contributed by atoms with E-state index in [1.165, 1.54) is 11.1 Å². The SMILES string of the molecule is Cc1ccc(C)c(OCCN2CCN(CCO)CC2)c1. The van der Waals surface area contributed by atoms with Crippen molar-refractivity contribution in [2.45, 2.75) is 13.8 Å². The van der Waals surface area contributed by atoms with Gasteiger partial charge in [-0.3, -0.25) is 9.80 Å². The number of rotatable bonds is 6. The second-order valence-electron chi connectivity index (χ2n) is 5.52. The summed E-state index contributed by atoms with van der Waals surface area (Å²) in [6, 6.07) is 6.33. The lowest BCUT2D eigenvalue weighted by Gasteiger charge is -2.34. The van der Waals surface area contributed by atoms with Crippen LogP contribution in [0.1, 0.15) is 11.1 Å². The molecule has 1 aromatic carbocycles. The minimum absolute atomic E-state index is 0.260. The van der Waals surface area contributed by atoms with Gasteiger partial charge < -0.3 is 9.84 Å². The van der Waals surface area contributed by atoms with Gasteiger partial charge in [-0.2, -0.15) is 0 Å². The summed E-state index contributed by atoms with van der Waals surface area (Å²) in [6.45, 7) is 11.2. The van der Waals surface area contributed by atoms with Crippen LogP contribution >= 0.6 is 0 Å². The van der Waals surface area contributed by atoms with Crippen molar-refractivity contribution in [1.82, 2.24) is 9.80 Å². The van der Waals surface area contributed by atoms with E-state index in [9.17, 15) is 0 Å². The maximum absolute atomic E-state index is 8.92. The molecule has 4 nitrogen and oxygen atoms in total. The van der Waals surface area contributed by atoms with Gasteiger partial charge in [-0.15, -0.1) is 0 Å². The molecule has 0 bridgehead atoms. The molecule has 0 radical (unpaired) electrons. The molecule has 0 aliphatic carbocycles. The normalized spacial score (nSPS) is 17.4. The topological polar surface area (TPSA) is 35.9 Å². The molecule has 0 atom stereocenters. The van der Waals surface area contributed by atoms with E-state index >= 15 is 0 Å². The van der Waals surface area contributed by atoms with Crippen molar-refractivity contribution in [2.75, 3.05) is 52.5 Å². The highest BCUT2D eigenvalue weighted by atomic mass is 16.5. The van der Waals surface area contributed by atoms with Crippen LogP contribution < -0.4 is 4.74 Å². The Morgan fingerprint density at radius 2 is 1.70 bits per heavy atom. The van der Waals surface area contributed by atoms with E-state index in [0.717, 1.165) is 51.6 Å². The lowest BCUT2D eigenvalue weighted by atomic mass is 10.1. The molecule has 2 rings (SSSR count). The Hall–Kier alpha value is -1.10. The van der Waals surface area contributed by atoms with E-state index in [1.54, 1.807) is 0 Å². The van der Waals surface area contributed by atoms with Gasteiger partial charge in [0.1, 0.15) is 12.4 Å². The Kier molecular flexibility index (Phi) is 5.83. The highest BCUT2D eigenvalue weighted by molar-refractivity contribution is 5.35. The molecule has 1 fully saturated rings. The van der Waals surface area contributed by atoms with Gasteiger partial charge in [-0.25, -0.2) is 0 Å². The average molecular weight is 278 g/mol. The highest BCUT2D eigenvalue weighted by Gasteiger charge is 2.15. The average Bonchev–Trinajstić information content (AvgIpc) is 2.45. The first-order valence-electron chi connectivity index (χ1n) is 7.44. The van der Waals surface area contributed by atoms with Gasteiger partial charge in [-0.05, 0) is 31.0 Å². The first-order chi connectivity index (χ1) is 9.69. The van der Waals surface area contributed by atoms with E-state index in [2.05, 4.69) is 41.8 Å². The minimum Gasteiger partial charge on any atom is -0.492 e. The molecule has 112 valence electrons. The van der Waals surface area contributed by atoms with Crippen molar-refractivity contribution in [2.24, 2.45) is 0 Å². The number of β-amino-alcohol motifs (C(OH)–C–C–N with tert-alkyl or cyclic N) is 1. The van der Waals surface area contributed by atoms with Gasteiger partial charge in [0.25, 0.3) is 0 Å². The van der Waals surface area contributed by atoms with Gasteiger partial charge in [0.15, 0.2) is 0 Å². The lowest BCUT2D eigenvalue weighted by Crippen LogP contribution is -2.48. The largest absolute Gasteiger partial charge is 0.492 e. The van der Waals surface area contributed by atoms with E-state index < -0.39 is 0 Å². The molecule has 0 saturated carbocycles. The lowest BCUT2D eigenvalue weighted by molar-refractivity contribution is 0.101. The van der Waals surface area contributed by atoms with E-state index in [0.29, 0.717) is 0 Å². The molecule has 1 aliphatic rings. The zero-order valence-electron chi connectivity index (χ0n) is 12.6. The maximum Gasteiger partial charge on any atom is 0.122 e. The van der Waals surface area contributed by atoms with Crippen LogP contribution in [0.15, 0.2) is 18.2 Å². The number of hydrogen-bond acceptors (Lipinski definition) is 4. The number of aliphatic hydroxyl groups is 1. The van der Waals surface area contributed by atoms with Crippen molar-refractivity contribution in [3.63, 3.8) is 0 Å². The number of benzene rings is 1. The summed E-state index contributed by atoms with van der Waals surface area (Å²) >= 11 is 0. The smallest absolute Gasteiger partial charge is 0.122 e. The fraction of sp³-hybridized carbons (Fsp3) is 0.625. The number of ether oxygens (including phenoxy) is 1. The quantitative estimate of drug-likeness (QED) is 0.851. The molecule has 1 heterocycles. The first kappa shape index (κ1) is 15.3. The third kappa shape index (κ3) is 4.47. The Bertz CT molecular complexity index is 415. The standard InChI is InChI=1S/C16H26N2O2/c1-14-3-4-15(2)16(13-14)20-12-10-18-7-5-17(6-8-18)9-11-19/h3-4,13,19H,5-12H2,1-2H3. The maximum atomic E-state index is 8.92. The van der Waals surface area contributed by atoms with Crippen molar-refractivity contribution in [3.05, 3.63) is 29.3 Å². The van der Waals surface area contributed by atoms with E-state index in [1.807, 2.05) is 0 Å². The Balaban J connectivity index is 1.70. The summed E-state index contributed by atoms with van der Waals surface area (Å²) in [5.74, 6) is 1.00. The summed E-state index contributed by atoms with van der Waals surface area (Å²) in [4.78, 5) is 4.74. The van der Waals surface area contributed by atoms with E-state index in [4.69, 9.17) is 9.84 Å². The molecular formula is C16H26N2O2. The summed E-state index contributed by atoms with van der Waals surface area (Å²) < 4.78 is 5.90. The molecule has 1 aromatic rings. The molecule has 1 saturated heterocycles. The fourth-order valence-corrected chi connectivity index (χ4v) is 2.53. The van der Waals surface area contributed by atoms with E-state index in [-0.39, 0.29) is 6.61 Å². The predicted octanol–water partition coefficient (Wildman–Crippen LogP) is 1.29. The van der Waals surface area contributed by atoms with Crippen LogP contribution in [0.3, 0.4) is 0 Å². The predicted molar refractivity (Wildman–Crippen MR) is 81.4 cm³/mol. The van der Waals surface area contributed by atoms with Crippen LogP contribution in [0.4, 0.5) is 0 Å². The molecular weight excluding hydrogens is 252 g/mol. The van der Waals surface area contributed by atoms with Crippen molar-refractivity contribution < 1.29 is 9.84 Å². The third-order valence-electron chi connectivity index (χ3n) is 3.89. The molecule has 20 heavy (non-hydrogen) atoms. The van der Waals surface area contributed by atoms with Crippen LogP contribution in [0.2, 0.25) is 0 Å². The number of hydrogen-bond donors (Lipinski definition) is 1. The number of piperazine rings is 1. The summed E-state index contributed by atoms with van der Waals surface area (Å²) in [6.07, 6.45) is 0. The summed E-state index contributed by atoms with van der Waals surface area (Å²) in [7, 11) is 0. The number of aryl methyl sites for hydroxylation is 2.